The monoisotopic (exact) mass is 473 g/mol. The lowest BCUT2D eigenvalue weighted by molar-refractivity contribution is 0.678. The molecule has 0 saturated heterocycles. The van der Waals surface area contributed by atoms with Crippen molar-refractivity contribution in [2.24, 2.45) is 0 Å². The largest absolute Gasteiger partial charge is 0.237 e. The molecule has 0 aromatic heterocycles. The van der Waals surface area contributed by atoms with Gasteiger partial charge in [-0.1, -0.05) is 56.1 Å². The molecule has 23 heavy (non-hydrogen) atoms. The summed E-state index contributed by atoms with van der Waals surface area (Å²) in [4.78, 5) is 0. The summed E-state index contributed by atoms with van der Waals surface area (Å²) in [6, 6.07) is 15.2. The molecule has 0 spiro atoms. The van der Waals surface area contributed by atoms with Crippen LogP contribution in [0.4, 0.5) is 0 Å². The van der Waals surface area contributed by atoms with Crippen molar-refractivity contribution in [3.63, 3.8) is 0 Å². The second-order valence-corrected chi connectivity index (χ2v) is 8.62. The molecule has 0 heterocycles. The highest BCUT2D eigenvalue weighted by Gasteiger charge is 1.98. The van der Waals surface area contributed by atoms with Crippen LogP contribution in [0.3, 0.4) is 0 Å². The van der Waals surface area contributed by atoms with E-state index >= 15 is 0 Å². The van der Waals surface area contributed by atoms with E-state index in [1.807, 2.05) is 48.5 Å². The first kappa shape index (κ1) is 18.5. The second kappa shape index (κ2) is 9.44. The summed E-state index contributed by atoms with van der Waals surface area (Å²) < 4.78 is 28.1. The van der Waals surface area contributed by atoms with Crippen molar-refractivity contribution in [3.05, 3.63) is 79.4 Å². The fourth-order valence-corrected chi connectivity index (χ4v) is 3.75. The normalized spacial score (nSPS) is 14.3. The standard InChI is InChI=1S/C16H13Br2NO2S2/c17-15-5-1-13(2-6-15)9-11-22(20)19-23(21)12-10-14-3-7-16(18)8-4-14/h1-12,19H/b11-9+,12-10+. The average Bonchev–Trinajstić information content (AvgIpc) is 2.54. The molecular weight excluding hydrogens is 462 g/mol. The molecule has 0 aliphatic carbocycles. The molecule has 2 aromatic carbocycles. The van der Waals surface area contributed by atoms with E-state index in [0.29, 0.717) is 0 Å². The van der Waals surface area contributed by atoms with Crippen molar-refractivity contribution in [1.82, 2.24) is 4.13 Å². The second-order valence-electron chi connectivity index (χ2n) is 4.39. The maximum absolute atomic E-state index is 11.8. The molecule has 0 radical (unpaired) electrons. The Hall–Kier alpha value is -0.860. The van der Waals surface area contributed by atoms with E-state index in [9.17, 15) is 8.42 Å². The number of rotatable bonds is 6. The number of hydrogen-bond donors (Lipinski definition) is 1. The van der Waals surface area contributed by atoms with Gasteiger partial charge in [0.2, 0.25) is 0 Å². The zero-order valence-corrected chi connectivity index (χ0v) is 16.6. The van der Waals surface area contributed by atoms with Crippen LogP contribution in [0.5, 0.6) is 0 Å². The molecule has 0 fully saturated rings. The van der Waals surface area contributed by atoms with E-state index in [1.165, 1.54) is 10.8 Å². The lowest BCUT2D eigenvalue weighted by atomic mass is 10.2. The van der Waals surface area contributed by atoms with E-state index in [-0.39, 0.29) is 0 Å². The van der Waals surface area contributed by atoms with Gasteiger partial charge in [-0.3, -0.25) is 0 Å². The molecule has 1 N–H and O–H groups in total. The number of halogens is 2. The van der Waals surface area contributed by atoms with E-state index in [0.717, 1.165) is 20.1 Å². The van der Waals surface area contributed by atoms with Gasteiger partial charge in [0.1, 0.15) is 22.0 Å². The van der Waals surface area contributed by atoms with Gasteiger partial charge in [-0.25, -0.2) is 8.42 Å². The molecule has 0 aliphatic heterocycles. The molecular formula is C16H13Br2NO2S2. The van der Waals surface area contributed by atoms with Crippen LogP contribution in [-0.2, 0) is 22.0 Å². The summed E-state index contributed by atoms with van der Waals surface area (Å²) in [7, 11) is -3.04. The van der Waals surface area contributed by atoms with Crippen molar-refractivity contribution in [2.75, 3.05) is 0 Å². The maximum atomic E-state index is 11.8. The summed E-state index contributed by atoms with van der Waals surface area (Å²) in [6.45, 7) is 0. The van der Waals surface area contributed by atoms with Crippen LogP contribution in [0.15, 0.2) is 68.3 Å². The molecule has 3 nitrogen and oxygen atoms in total. The molecule has 120 valence electrons. The van der Waals surface area contributed by atoms with Gasteiger partial charge in [0.25, 0.3) is 0 Å². The van der Waals surface area contributed by atoms with Crippen LogP contribution in [0.2, 0.25) is 0 Å². The van der Waals surface area contributed by atoms with E-state index in [2.05, 4.69) is 36.0 Å². The molecule has 2 aromatic rings. The molecule has 0 aliphatic rings. The molecule has 0 amide bonds. The van der Waals surface area contributed by atoms with E-state index in [1.54, 1.807) is 12.2 Å². The third-order valence-corrected chi connectivity index (χ3v) is 5.81. The Morgan fingerprint density at radius 1 is 0.696 bits per heavy atom. The zero-order valence-electron chi connectivity index (χ0n) is 11.8. The van der Waals surface area contributed by atoms with Crippen LogP contribution in [0.1, 0.15) is 11.1 Å². The van der Waals surface area contributed by atoms with Gasteiger partial charge in [-0.2, -0.15) is 0 Å². The summed E-state index contributed by atoms with van der Waals surface area (Å²) >= 11 is 6.70. The number of benzene rings is 2. The molecule has 0 bridgehead atoms. The first-order chi connectivity index (χ1) is 11.0. The van der Waals surface area contributed by atoms with Gasteiger partial charge in [0, 0.05) is 19.8 Å². The SMILES string of the molecule is O=S(/C=C/c1ccc(Br)cc1)NS(=O)/C=C/c1ccc(Br)cc1. The smallest absolute Gasteiger partial charge is 0.129 e. The summed E-state index contributed by atoms with van der Waals surface area (Å²) in [6.07, 6.45) is 3.43. The van der Waals surface area contributed by atoms with Crippen LogP contribution in [0.25, 0.3) is 12.2 Å². The molecule has 2 atom stereocenters. The third-order valence-electron chi connectivity index (χ3n) is 2.67. The highest BCUT2D eigenvalue weighted by molar-refractivity contribution is 9.10. The maximum Gasteiger partial charge on any atom is 0.129 e. The van der Waals surface area contributed by atoms with Gasteiger partial charge in [-0.05, 0) is 47.5 Å². The van der Waals surface area contributed by atoms with Crippen molar-refractivity contribution in [2.45, 2.75) is 0 Å². The summed E-state index contributed by atoms with van der Waals surface area (Å²) in [5, 5.41) is 2.93. The lowest BCUT2D eigenvalue weighted by Crippen LogP contribution is -2.15. The first-order valence-electron chi connectivity index (χ1n) is 6.48. The Bertz CT molecular complexity index is 691. The van der Waals surface area contributed by atoms with Crippen LogP contribution < -0.4 is 4.13 Å². The Morgan fingerprint density at radius 3 is 1.39 bits per heavy atom. The Balaban J connectivity index is 1.88. The summed E-state index contributed by atoms with van der Waals surface area (Å²) in [5.74, 6) is 0. The minimum atomic E-state index is -1.52. The predicted molar refractivity (Wildman–Crippen MR) is 106 cm³/mol. The topological polar surface area (TPSA) is 46.2 Å². The van der Waals surface area contributed by atoms with Gasteiger partial charge < -0.3 is 0 Å². The quantitative estimate of drug-likeness (QED) is 0.655. The van der Waals surface area contributed by atoms with Crippen molar-refractivity contribution in [1.29, 1.82) is 0 Å². The number of hydrogen-bond acceptors (Lipinski definition) is 2. The first-order valence-corrected chi connectivity index (χ1v) is 10.5. The minimum Gasteiger partial charge on any atom is -0.237 e. The minimum absolute atomic E-state index is 0.916. The zero-order chi connectivity index (χ0) is 16.7. The molecule has 7 heteroatoms. The molecule has 2 rings (SSSR count). The number of nitrogens with one attached hydrogen (secondary N) is 1. The van der Waals surface area contributed by atoms with Gasteiger partial charge in [-0.15, -0.1) is 4.13 Å². The van der Waals surface area contributed by atoms with Gasteiger partial charge in [0.15, 0.2) is 0 Å². The fraction of sp³-hybridized carbons (Fsp3) is 0. The molecule has 0 saturated carbocycles. The Kier molecular flexibility index (Phi) is 7.58. The highest BCUT2D eigenvalue weighted by atomic mass is 79.9. The van der Waals surface area contributed by atoms with E-state index < -0.39 is 22.0 Å². The van der Waals surface area contributed by atoms with Gasteiger partial charge >= 0.3 is 0 Å². The van der Waals surface area contributed by atoms with Crippen molar-refractivity contribution >= 4 is 66.0 Å². The fourth-order valence-electron chi connectivity index (χ4n) is 1.57. The van der Waals surface area contributed by atoms with Crippen molar-refractivity contribution in [3.8, 4) is 0 Å². The van der Waals surface area contributed by atoms with Crippen LogP contribution >= 0.6 is 31.9 Å². The summed E-state index contributed by atoms with van der Waals surface area (Å²) in [5.41, 5.74) is 1.83. The Labute approximate surface area is 157 Å². The van der Waals surface area contributed by atoms with Crippen molar-refractivity contribution < 1.29 is 8.42 Å². The highest BCUT2D eigenvalue weighted by Crippen LogP contribution is 2.12. The average molecular weight is 475 g/mol. The van der Waals surface area contributed by atoms with Gasteiger partial charge in [0.05, 0.1) is 0 Å². The predicted octanol–water partition coefficient (Wildman–Crippen LogP) is 4.77. The van der Waals surface area contributed by atoms with E-state index in [4.69, 9.17) is 0 Å². The van der Waals surface area contributed by atoms with Crippen LogP contribution in [-0.4, -0.2) is 8.42 Å². The molecule has 2 unspecified atom stereocenters. The lowest BCUT2D eigenvalue weighted by Gasteiger charge is -1.97. The van der Waals surface area contributed by atoms with Crippen LogP contribution in [0, 0.1) is 0 Å². The third kappa shape index (κ3) is 7.05. The Morgan fingerprint density at radius 2 is 1.04 bits per heavy atom.